The predicted octanol–water partition coefficient (Wildman–Crippen LogP) is 2.95. The first-order valence-corrected chi connectivity index (χ1v) is 8.07. The molecular formula is C20H20N2O5. The number of hydrogen-bond acceptors (Lipinski definition) is 6. The van der Waals surface area contributed by atoms with Crippen LogP contribution in [-0.2, 0) is 4.79 Å². The van der Waals surface area contributed by atoms with Crippen LogP contribution in [0.15, 0.2) is 60.2 Å². The predicted molar refractivity (Wildman–Crippen MR) is 101 cm³/mol. The molecule has 1 amide bonds. The molecule has 7 heteroatoms. The van der Waals surface area contributed by atoms with Crippen molar-refractivity contribution in [1.29, 1.82) is 0 Å². The van der Waals surface area contributed by atoms with Crippen LogP contribution in [0, 0.1) is 0 Å². The van der Waals surface area contributed by atoms with Crippen molar-refractivity contribution in [2.24, 2.45) is 5.10 Å². The number of carbonyl (C=O) groups is 2. The molecule has 0 spiro atoms. The third-order valence-corrected chi connectivity index (χ3v) is 3.31. The Morgan fingerprint density at radius 3 is 2.52 bits per heavy atom. The molecule has 2 aromatic rings. The van der Waals surface area contributed by atoms with E-state index in [0.29, 0.717) is 35.0 Å². The van der Waals surface area contributed by atoms with Crippen molar-refractivity contribution < 1.29 is 23.8 Å². The summed E-state index contributed by atoms with van der Waals surface area (Å²) in [7, 11) is 1.47. The maximum atomic E-state index is 12.1. The second-order valence-corrected chi connectivity index (χ2v) is 5.33. The summed E-state index contributed by atoms with van der Waals surface area (Å²) in [6, 6.07) is 11.6. The molecular weight excluding hydrogens is 348 g/mol. The van der Waals surface area contributed by atoms with Crippen molar-refractivity contribution in [2.45, 2.75) is 6.92 Å². The van der Waals surface area contributed by atoms with E-state index in [1.54, 1.807) is 48.5 Å². The van der Waals surface area contributed by atoms with Gasteiger partial charge in [-0.05, 0) is 48.0 Å². The van der Waals surface area contributed by atoms with Crippen molar-refractivity contribution in [1.82, 2.24) is 5.43 Å². The Morgan fingerprint density at radius 2 is 1.89 bits per heavy atom. The molecule has 0 saturated heterocycles. The van der Waals surface area contributed by atoms with Gasteiger partial charge in [0.05, 0.1) is 13.3 Å². The van der Waals surface area contributed by atoms with E-state index >= 15 is 0 Å². The average molecular weight is 368 g/mol. The highest BCUT2D eigenvalue weighted by Gasteiger charge is 2.08. The molecule has 0 saturated carbocycles. The van der Waals surface area contributed by atoms with Gasteiger partial charge >= 0.3 is 5.97 Å². The van der Waals surface area contributed by atoms with Crippen molar-refractivity contribution in [3.8, 4) is 17.2 Å². The number of nitrogens with one attached hydrogen (secondary N) is 1. The maximum absolute atomic E-state index is 12.1. The van der Waals surface area contributed by atoms with Crippen LogP contribution in [0.3, 0.4) is 0 Å². The van der Waals surface area contributed by atoms with Gasteiger partial charge in [0.1, 0.15) is 12.4 Å². The smallest absolute Gasteiger partial charge is 0.308 e. The fourth-order valence-electron chi connectivity index (χ4n) is 2.09. The number of rotatable bonds is 8. The third kappa shape index (κ3) is 6.00. The molecule has 0 aliphatic carbocycles. The Bertz CT molecular complexity index is 844. The molecule has 7 nitrogen and oxygen atoms in total. The summed E-state index contributed by atoms with van der Waals surface area (Å²) >= 11 is 0. The Hall–Kier alpha value is -3.61. The Kier molecular flexibility index (Phi) is 7.13. The molecule has 2 aromatic carbocycles. The highest BCUT2D eigenvalue weighted by atomic mass is 16.6. The molecule has 0 heterocycles. The summed E-state index contributed by atoms with van der Waals surface area (Å²) in [5.74, 6) is 0.545. The van der Waals surface area contributed by atoms with Gasteiger partial charge in [-0.2, -0.15) is 5.10 Å². The van der Waals surface area contributed by atoms with Crippen LogP contribution in [0.25, 0.3) is 0 Å². The van der Waals surface area contributed by atoms with E-state index in [0.717, 1.165) is 0 Å². The van der Waals surface area contributed by atoms with E-state index in [4.69, 9.17) is 14.2 Å². The normalized spacial score (nSPS) is 10.3. The number of hydrogen-bond donors (Lipinski definition) is 1. The molecule has 1 N–H and O–H groups in total. The van der Waals surface area contributed by atoms with Gasteiger partial charge in [0.25, 0.3) is 5.91 Å². The third-order valence-electron chi connectivity index (χ3n) is 3.31. The minimum absolute atomic E-state index is 0.310. The first-order chi connectivity index (χ1) is 13.0. The number of benzene rings is 2. The van der Waals surface area contributed by atoms with Crippen LogP contribution in [-0.4, -0.2) is 31.8 Å². The largest absolute Gasteiger partial charge is 0.493 e. The van der Waals surface area contributed by atoms with Crippen molar-refractivity contribution in [2.75, 3.05) is 13.7 Å². The molecule has 0 unspecified atom stereocenters. The highest BCUT2D eigenvalue weighted by Crippen LogP contribution is 2.27. The summed E-state index contributed by atoms with van der Waals surface area (Å²) in [6.45, 7) is 5.28. The summed E-state index contributed by atoms with van der Waals surface area (Å²) in [6.07, 6.45) is 3.10. The van der Waals surface area contributed by atoms with E-state index < -0.39 is 5.97 Å². The lowest BCUT2D eigenvalue weighted by atomic mass is 10.2. The molecule has 0 aromatic heterocycles. The van der Waals surface area contributed by atoms with Crippen LogP contribution >= 0.6 is 0 Å². The zero-order chi connectivity index (χ0) is 19.6. The molecule has 0 radical (unpaired) electrons. The second-order valence-electron chi connectivity index (χ2n) is 5.33. The first-order valence-electron chi connectivity index (χ1n) is 8.07. The van der Waals surface area contributed by atoms with Crippen molar-refractivity contribution >= 4 is 18.1 Å². The highest BCUT2D eigenvalue weighted by molar-refractivity contribution is 5.95. The summed E-state index contributed by atoms with van der Waals surface area (Å²) in [5, 5.41) is 3.92. The summed E-state index contributed by atoms with van der Waals surface area (Å²) in [4.78, 5) is 23.2. The van der Waals surface area contributed by atoms with Gasteiger partial charge in [0.15, 0.2) is 11.5 Å². The second kappa shape index (κ2) is 9.76. The SMILES string of the molecule is C=CCOc1ccc(C(=O)N/N=C/c2ccc(OC(C)=O)c(OC)c2)cc1. The molecule has 0 aliphatic rings. The Morgan fingerprint density at radius 1 is 1.15 bits per heavy atom. The monoisotopic (exact) mass is 368 g/mol. The number of esters is 1. The number of ether oxygens (including phenoxy) is 3. The number of methoxy groups -OCH3 is 1. The van der Waals surface area contributed by atoms with Crippen LogP contribution in [0.5, 0.6) is 17.2 Å². The van der Waals surface area contributed by atoms with Crippen molar-refractivity contribution in [3.05, 3.63) is 66.2 Å². The van der Waals surface area contributed by atoms with Gasteiger partial charge in [-0.1, -0.05) is 12.7 Å². The van der Waals surface area contributed by atoms with E-state index in [2.05, 4.69) is 17.1 Å². The molecule has 0 atom stereocenters. The number of hydrazone groups is 1. The van der Waals surface area contributed by atoms with Gasteiger partial charge in [-0.15, -0.1) is 0 Å². The minimum atomic E-state index is -0.442. The standard InChI is InChI=1S/C20H20N2O5/c1-4-11-26-17-8-6-16(7-9-17)20(24)22-21-13-15-5-10-18(27-14(2)23)19(12-15)25-3/h4-10,12-13H,1,11H2,2-3H3,(H,22,24)/b21-13+. The fraction of sp³-hybridized carbons (Fsp3) is 0.150. The van der Waals surface area contributed by atoms with Crippen LogP contribution < -0.4 is 19.6 Å². The van der Waals surface area contributed by atoms with Crippen molar-refractivity contribution in [3.63, 3.8) is 0 Å². The average Bonchev–Trinajstić information content (AvgIpc) is 2.67. The molecule has 27 heavy (non-hydrogen) atoms. The van der Waals surface area contributed by atoms with Crippen LogP contribution in [0.1, 0.15) is 22.8 Å². The maximum Gasteiger partial charge on any atom is 0.308 e. The summed E-state index contributed by atoms with van der Waals surface area (Å²) in [5.41, 5.74) is 3.55. The molecule has 0 fully saturated rings. The van der Waals surface area contributed by atoms with Crippen LogP contribution in [0.4, 0.5) is 0 Å². The zero-order valence-corrected chi connectivity index (χ0v) is 15.1. The molecule has 2 rings (SSSR count). The topological polar surface area (TPSA) is 86.2 Å². The van der Waals surface area contributed by atoms with Gasteiger partial charge in [0.2, 0.25) is 0 Å². The number of nitrogens with zero attached hydrogens (tertiary/aromatic N) is 1. The first kappa shape index (κ1) is 19.7. The zero-order valence-electron chi connectivity index (χ0n) is 15.1. The van der Waals surface area contributed by atoms with E-state index in [1.807, 2.05) is 0 Å². The number of amides is 1. The van der Waals surface area contributed by atoms with Gasteiger partial charge in [-0.25, -0.2) is 5.43 Å². The van der Waals surface area contributed by atoms with Crippen LogP contribution in [0.2, 0.25) is 0 Å². The van der Waals surface area contributed by atoms with E-state index in [9.17, 15) is 9.59 Å². The fourth-order valence-corrected chi connectivity index (χ4v) is 2.09. The Labute approximate surface area is 157 Å². The van der Waals surface area contributed by atoms with Gasteiger partial charge in [0, 0.05) is 12.5 Å². The summed E-state index contributed by atoms with van der Waals surface area (Å²) < 4.78 is 15.6. The minimum Gasteiger partial charge on any atom is -0.493 e. The van der Waals surface area contributed by atoms with E-state index in [-0.39, 0.29) is 5.91 Å². The molecule has 140 valence electrons. The lowest BCUT2D eigenvalue weighted by Gasteiger charge is -2.08. The lowest BCUT2D eigenvalue weighted by Crippen LogP contribution is -2.17. The Balaban J connectivity index is 1.98. The van der Waals surface area contributed by atoms with Gasteiger partial charge < -0.3 is 14.2 Å². The van der Waals surface area contributed by atoms with Gasteiger partial charge in [-0.3, -0.25) is 9.59 Å². The van der Waals surface area contributed by atoms with E-state index in [1.165, 1.54) is 20.2 Å². The molecule has 0 bridgehead atoms. The quantitative estimate of drug-likeness (QED) is 0.255. The molecule has 0 aliphatic heterocycles. The number of carbonyl (C=O) groups excluding carboxylic acids is 2. The lowest BCUT2D eigenvalue weighted by molar-refractivity contribution is -0.132.